The highest BCUT2D eigenvalue weighted by Gasteiger charge is 2.26. The summed E-state index contributed by atoms with van der Waals surface area (Å²) in [5.41, 5.74) is 4.36. The Morgan fingerprint density at radius 1 is 0.735 bits per heavy atom. The van der Waals surface area contributed by atoms with E-state index in [1.165, 1.54) is 5.56 Å². The number of piperazine rings is 1. The molecule has 1 saturated heterocycles. The third-order valence-electron chi connectivity index (χ3n) is 6.08. The van der Waals surface area contributed by atoms with E-state index >= 15 is 0 Å². The molecule has 1 fully saturated rings. The zero-order valence-corrected chi connectivity index (χ0v) is 20.1. The van der Waals surface area contributed by atoms with Crippen molar-refractivity contribution in [2.45, 2.75) is 13.0 Å². The Balaban J connectivity index is 1.19. The van der Waals surface area contributed by atoms with Crippen molar-refractivity contribution < 1.29 is 13.2 Å². The van der Waals surface area contributed by atoms with Gasteiger partial charge in [-0.3, -0.25) is 9.69 Å². The van der Waals surface area contributed by atoms with E-state index in [0.717, 1.165) is 23.2 Å². The third-order valence-corrected chi connectivity index (χ3v) is 7.95. The summed E-state index contributed by atoms with van der Waals surface area (Å²) in [7, 11) is -3.39. The van der Waals surface area contributed by atoms with Crippen molar-refractivity contribution >= 4 is 15.9 Å². The fraction of sp³-hybridized carbons (Fsp3) is 0.296. The molecule has 3 aromatic carbocycles. The van der Waals surface area contributed by atoms with Gasteiger partial charge in [-0.15, -0.1) is 0 Å². The minimum absolute atomic E-state index is 0.0790. The molecule has 0 unspecified atom stereocenters. The van der Waals surface area contributed by atoms with E-state index in [4.69, 9.17) is 0 Å². The van der Waals surface area contributed by atoms with Crippen LogP contribution in [0.15, 0.2) is 84.9 Å². The van der Waals surface area contributed by atoms with Crippen LogP contribution in [0.4, 0.5) is 0 Å². The SMILES string of the molecule is O=C(Cc1ccc(-c2ccccc2)cc1)NCCS(=O)(=O)N1CCN(Cc2ccccc2)CC1. The summed E-state index contributed by atoms with van der Waals surface area (Å²) in [6, 6.07) is 28.1. The van der Waals surface area contributed by atoms with Crippen LogP contribution >= 0.6 is 0 Å². The zero-order chi connectivity index (χ0) is 23.8. The molecule has 34 heavy (non-hydrogen) atoms. The molecule has 1 aliphatic rings. The first kappa shape index (κ1) is 24.1. The Morgan fingerprint density at radius 2 is 1.32 bits per heavy atom. The number of hydrogen-bond acceptors (Lipinski definition) is 4. The zero-order valence-electron chi connectivity index (χ0n) is 19.3. The largest absolute Gasteiger partial charge is 0.355 e. The molecule has 1 heterocycles. The van der Waals surface area contributed by atoms with Gasteiger partial charge in [-0.25, -0.2) is 8.42 Å². The number of benzene rings is 3. The number of sulfonamides is 1. The van der Waals surface area contributed by atoms with Crippen LogP contribution < -0.4 is 5.32 Å². The van der Waals surface area contributed by atoms with Crippen LogP contribution in [0.3, 0.4) is 0 Å². The summed E-state index contributed by atoms with van der Waals surface area (Å²) >= 11 is 0. The van der Waals surface area contributed by atoms with Gasteiger partial charge in [0.2, 0.25) is 15.9 Å². The lowest BCUT2D eigenvalue weighted by Crippen LogP contribution is -2.49. The second-order valence-corrected chi connectivity index (χ2v) is 10.7. The molecule has 0 radical (unpaired) electrons. The van der Waals surface area contributed by atoms with E-state index in [1.807, 2.05) is 72.8 Å². The standard InChI is InChI=1S/C27H31N3O3S/c31-27(21-23-11-13-26(14-12-23)25-9-5-2-6-10-25)28-15-20-34(32,33)30-18-16-29(17-19-30)22-24-7-3-1-4-8-24/h1-14H,15-22H2,(H,28,31). The van der Waals surface area contributed by atoms with Gasteiger partial charge in [-0.2, -0.15) is 4.31 Å². The van der Waals surface area contributed by atoms with Gasteiger partial charge in [0.05, 0.1) is 12.2 Å². The quantitative estimate of drug-likeness (QED) is 0.514. The summed E-state index contributed by atoms with van der Waals surface area (Å²) in [6.45, 7) is 3.33. The fourth-order valence-electron chi connectivity index (χ4n) is 4.15. The van der Waals surface area contributed by atoms with Crippen LogP contribution in [0, 0.1) is 0 Å². The number of nitrogens with one attached hydrogen (secondary N) is 1. The minimum Gasteiger partial charge on any atom is -0.355 e. The molecule has 0 spiro atoms. The van der Waals surface area contributed by atoms with Crippen molar-refractivity contribution in [3.63, 3.8) is 0 Å². The van der Waals surface area contributed by atoms with Crippen LogP contribution in [0.25, 0.3) is 11.1 Å². The van der Waals surface area contributed by atoms with E-state index in [1.54, 1.807) is 4.31 Å². The minimum atomic E-state index is -3.39. The molecule has 6 nitrogen and oxygen atoms in total. The molecule has 178 valence electrons. The molecule has 0 aromatic heterocycles. The lowest BCUT2D eigenvalue weighted by atomic mass is 10.0. The topological polar surface area (TPSA) is 69.7 Å². The van der Waals surface area contributed by atoms with Crippen LogP contribution in [-0.2, 0) is 27.8 Å². The molecule has 4 rings (SSSR count). The Bertz CT molecular complexity index is 1160. The highest BCUT2D eigenvalue weighted by atomic mass is 32.2. The van der Waals surface area contributed by atoms with Crippen LogP contribution in [0.2, 0.25) is 0 Å². The molecule has 7 heteroatoms. The first-order valence-corrected chi connectivity index (χ1v) is 13.3. The molecule has 0 bridgehead atoms. The van der Waals surface area contributed by atoms with Gasteiger partial charge in [-0.05, 0) is 22.3 Å². The normalized spacial score (nSPS) is 15.2. The monoisotopic (exact) mass is 477 g/mol. The Labute approximate surface area is 202 Å². The number of hydrogen-bond donors (Lipinski definition) is 1. The molecule has 1 aliphatic heterocycles. The van der Waals surface area contributed by atoms with E-state index in [0.29, 0.717) is 26.2 Å². The average Bonchev–Trinajstić information content (AvgIpc) is 2.86. The molecule has 0 saturated carbocycles. The maximum atomic E-state index is 12.7. The predicted molar refractivity (Wildman–Crippen MR) is 136 cm³/mol. The Morgan fingerprint density at radius 3 is 1.97 bits per heavy atom. The van der Waals surface area contributed by atoms with Gasteiger partial charge < -0.3 is 5.32 Å². The summed E-state index contributed by atoms with van der Waals surface area (Å²) in [4.78, 5) is 14.6. The number of carbonyl (C=O) groups excluding carboxylic acids is 1. The van der Waals surface area contributed by atoms with E-state index in [-0.39, 0.29) is 24.6 Å². The van der Waals surface area contributed by atoms with E-state index in [9.17, 15) is 13.2 Å². The first-order valence-electron chi connectivity index (χ1n) is 11.6. The molecular weight excluding hydrogens is 446 g/mol. The molecule has 1 amide bonds. The van der Waals surface area contributed by atoms with Gasteiger partial charge in [0.1, 0.15) is 0 Å². The van der Waals surface area contributed by atoms with E-state index < -0.39 is 10.0 Å². The number of nitrogens with zero attached hydrogens (tertiary/aromatic N) is 2. The van der Waals surface area contributed by atoms with Crippen molar-refractivity contribution in [2.75, 3.05) is 38.5 Å². The molecule has 1 N–H and O–H groups in total. The summed E-state index contributed by atoms with van der Waals surface area (Å²) in [5, 5.41) is 2.76. The molecule has 0 atom stereocenters. The maximum absolute atomic E-state index is 12.7. The van der Waals surface area contributed by atoms with Gasteiger partial charge in [0, 0.05) is 39.3 Å². The van der Waals surface area contributed by atoms with Gasteiger partial charge in [-0.1, -0.05) is 84.9 Å². The van der Waals surface area contributed by atoms with Gasteiger partial charge in [0.25, 0.3) is 0 Å². The smallest absolute Gasteiger partial charge is 0.224 e. The van der Waals surface area contributed by atoms with Crippen molar-refractivity contribution in [1.29, 1.82) is 0 Å². The second-order valence-electron chi connectivity index (χ2n) is 8.57. The summed E-state index contributed by atoms with van der Waals surface area (Å²) < 4.78 is 27.0. The van der Waals surface area contributed by atoms with Crippen molar-refractivity contribution in [3.8, 4) is 11.1 Å². The lowest BCUT2D eigenvalue weighted by molar-refractivity contribution is -0.120. The summed E-state index contributed by atoms with van der Waals surface area (Å²) in [6.07, 6.45) is 0.229. The molecule has 3 aromatic rings. The average molecular weight is 478 g/mol. The van der Waals surface area contributed by atoms with Gasteiger partial charge in [0.15, 0.2) is 0 Å². The molecular formula is C27H31N3O3S. The van der Waals surface area contributed by atoms with Crippen LogP contribution in [0.1, 0.15) is 11.1 Å². The first-order chi connectivity index (χ1) is 16.5. The van der Waals surface area contributed by atoms with Crippen LogP contribution in [0.5, 0.6) is 0 Å². The highest BCUT2D eigenvalue weighted by Crippen LogP contribution is 2.19. The Kier molecular flexibility index (Phi) is 8.11. The van der Waals surface area contributed by atoms with Crippen molar-refractivity contribution in [3.05, 3.63) is 96.1 Å². The number of rotatable bonds is 9. The third kappa shape index (κ3) is 6.76. The molecule has 0 aliphatic carbocycles. The number of carbonyl (C=O) groups is 1. The van der Waals surface area contributed by atoms with E-state index in [2.05, 4.69) is 22.3 Å². The van der Waals surface area contributed by atoms with Crippen molar-refractivity contribution in [2.24, 2.45) is 0 Å². The Hall–Kier alpha value is -3.00. The van der Waals surface area contributed by atoms with Crippen LogP contribution in [-0.4, -0.2) is 62.0 Å². The highest BCUT2D eigenvalue weighted by molar-refractivity contribution is 7.89. The lowest BCUT2D eigenvalue weighted by Gasteiger charge is -2.34. The second kappa shape index (κ2) is 11.4. The summed E-state index contributed by atoms with van der Waals surface area (Å²) in [5.74, 6) is -0.250. The van der Waals surface area contributed by atoms with Crippen molar-refractivity contribution in [1.82, 2.24) is 14.5 Å². The maximum Gasteiger partial charge on any atom is 0.224 e. The predicted octanol–water partition coefficient (Wildman–Crippen LogP) is 3.16. The van der Waals surface area contributed by atoms with Gasteiger partial charge >= 0.3 is 0 Å². The number of amides is 1. The fourth-order valence-corrected chi connectivity index (χ4v) is 5.49.